The Morgan fingerprint density at radius 1 is 1.91 bits per heavy atom. The number of hydrogen-bond donors (Lipinski definition) is 1. The Hall–Kier alpha value is -0.220. The van der Waals surface area contributed by atoms with Gasteiger partial charge in [-0.05, 0) is 0 Å². The summed E-state index contributed by atoms with van der Waals surface area (Å²) in [5.41, 5.74) is 0.103. The standard InChI is InChI=1S/C7H12O3S/c1-5(4-6(8)9)7-10-2-3-11-7/h5,7H,2-4H2,1H3,(H,8,9). The third-order valence-electron chi connectivity index (χ3n) is 1.61. The normalized spacial score (nSPS) is 26.8. The van der Waals surface area contributed by atoms with E-state index in [9.17, 15) is 4.79 Å². The van der Waals surface area contributed by atoms with Crippen LogP contribution < -0.4 is 0 Å². The Balaban J connectivity index is 2.28. The minimum Gasteiger partial charge on any atom is -0.481 e. The quantitative estimate of drug-likeness (QED) is 0.701. The molecule has 2 atom stereocenters. The van der Waals surface area contributed by atoms with E-state index in [1.54, 1.807) is 11.8 Å². The SMILES string of the molecule is CC(CC(=O)O)C1OCCS1. The van der Waals surface area contributed by atoms with E-state index in [1.807, 2.05) is 6.92 Å². The van der Waals surface area contributed by atoms with Crippen molar-refractivity contribution in [2.75, 3.05) is 12.4 Å². The molecule has 0 spiro atoms. The van der Waals surface area contributed by atoms with Gasteiger partial charge >= 0.3 is 5.97 Å². The second kappa shape index (κ2) is 3.97. The van der Waals surface area contributed by atoms with E-state index in [1.165, 1.54) is 0 Å². The summed E-state index contributed by atoms with van der Waals surface area (Å²) in [4.78, 5) is 10.3. The average Bonchev–Trinajstić information content (AvgIpc) is 2.35. The number of carbonyl (C=O) groups is 1. The van der Waals surface area contributed by atoms with E-state index in [0.29, 0.717) is 0 Å². The van der Waals surface area contributed by atoms with Crippen molar-refractivity contribution in [1.29, 1.82) is 0 Å². The number of hydrogen-bond acceptors (Lipinski definition) is 3. The molecular weight excluding hydrogens is 164 g/mol. The first-order chi connectivity index (χ1) is 5.20. The van der Waals surface area contributed by atoms with Crippen LogP contribution in [0.3, 0.4) is 0 Å². The fraction of sp³-hybridized carbons (Fsp3) is 0.857. The van der Waals surface area contributed by atoms with Crippen LogP contribution in [-0.2, 0) is 9.53 Å². The molecule has 1 saturated heterocycles. The van der Waals surface area contributed by atoms with Crippen LogP contribution in [0.25, 0.3) is 0 Å². The van der Waals surface area contributed by atoms with Crippen LogP contribution in [0.5, 0.6) is 0 Å². The van der Waals surface area contributed by atoms with E-state index in [0.717, 1.165) is 12.4 Å². The van der Waals surface area contributed by atoms with Gasteiger partial charge in [-0.15, -0.1) is 11.8 Å². The van der Waals surface area contributed by atoms with Gasteiger partial charge in [-0.1, -0.05) is 6.92 Å². The first kappa shape index (κ1) is 8.87. The van der Waals surface area contributed by atoms with Gasteiger partial charge in [0.05, 0.1) is 13.0 Å². The molecule has 1 heterocycles. The highest BCUT2D eigenvalue weighted by molar-refractivity contribution is 8.00. The van der Waals surface area contributed by atoms with E-state index < -0.39 is 5.97 Å². The van der Waals surface area contributed by atoms with Crippen molar-refractivity contribution in [3.05, 3.63) is 0 Å². The van der Waals surface area contributed by atoms with E-state index in [2.05, 4.69) is 0 Å². The molecule has 64 valence electrons. The van der Waals surface area contributed by atoms with Gasteiger partial charge in [-0.25, -0.2) is 0 Å². The van der Waals surface area contributed by atoms with Gasteiger partial charge in [0.1, 0.15) is 5.44 Å². The summed E-state index contributed by atoms with van der Waals surface area (Å²) in [5, 5.41) is 8.48. The molecule has 1 aliphatic heterocycles. The molecule has 1 aliphatic rings. The fourth-order valence-electron chi connectivity index (χ4n) is 1.08. The number of ether oxygens (including phenoxy) is 1. The molecular formula is C7H12O3S. The lowest BCUT2D eigenvalue weighted by molar-refractivity contribution is -0.138. The predicted molar refractivity (Wildman–Crippen MR) is 43.6 cm³/mol. The summed E-state index contributed by atoms with van der Waals surface area (Å²) in [6.45, 7) is 2.68. The van der Waals surface area contributed by atoms with Gasteiger partial charge in [0.2, 0.25) is 0 Å². The Labute approximate surface area is 70.1 Å². The molecule has 0 aromatic rings. The molecule has 1 rings (SSSR count). The van der Waals surface area contributed by atoms with Crippen LogP contribution in [0, 0.1) is 5.92 Å². The average molecular weight is 176 g/mol. The van der Waals surface area contributed by atoms with Crippen LogP contribution in [0.15, 0.2) is 0 Å². The molecule has 0 bridgehead atoms. The Morgan fingerprint density at radius 3 is 3.09 bits per heavy atom. The third-order valence-corrected chi connectivity index (χ3v) is 2.94. The van der Waals surface area contributed by atoms with Crippen LogP contribution in [-0.4, -0.2) is 28.9 Å². The number of carboxylic acid groups (broad SMARTS) is 1. The molecule has 4 heteroatoms. The van der Waals surface area contributed by atoms with Gasteiger partial charge < -0.3 is 9.84 Å². The summed E-state index contributed by atoms with van der Waals surface area (Å²) in [6, 6.07) is 0. The topological polar surface area (TPSA) is 46.5 Å². The second-order valence-electron chi connectivity index (χ2n) is 2.69. The molecule has 0 saturated carbocycles. The lowest BCUT2D eigenvalue weighted by Crippen LogP contribution is -2.17. The predicted octanol–water partition coefficient (Wildman–Crippen LogP) is 1.19. The van der Waals surface area contributed by atoms with Crippen molar-refractivity contribution in [2.45, 2.75) is 18.8 Å². The Morgan fingerprint density at radius 2 is 2.64 bits per heavy atom. The van der Waals surface area contributed by atoms with Gasteiger partial charge in [0.15, 0.2) is 0 Å². The van der Waals surface area contributed by atoms with Crippen LogP contribution in [0.2, 0.25) is 0 Å². The first-order valence-electron chi connectivity index (χ1n) is 3.65. The smallest absolute Gasteiger partial charge is 0.303 e. The van der Waals surface area contributed by atoms with Crippen LogP contribution in [0.1, 0.15) is 13.3 Å². The zero-order valence-corrected chi connectivity index (χ0v) is 7.26. The largest absolute Gasteiger partial charge is 0.481 e. The number of rotatable bonds is 3. The molecule has 1 N–H and O–H groups in total. The van der Waals surface area contributed by atoms with E-state index in [4.69, 9.17) is 9.84 Å². The lowest BCUT2D eigenvalue weighted by atomic mass is 10.1. The highest BCUT2D eigenvalue weighted by Gasteiger charge is 2.24. The van der Waals surface area contributed by atoms with Crippen molar-refractivity contribution < 1.29 is 14.6 Å². The molecule has 2 unspecified atom stereocenters. The summed E-state index contributed by atoms with van der Waals surface area (Å²) >= 11 is 1.71. The van der Waals surface area contributed by atoms with E-state index in [-0.39, 0.29) is 17.8 Å². The van der Waals surface area contributed by atoms with Crippen molar-refractivity contribution in [3.8, 4) is 0 Å². The summed E-state index contributed by atoms with van der Waals surface area (Å²) in [7, 11) is 0. The third kappa shape index (κ3) is 2.71. The summed E-state index contributed by atoms with van der Waals surface area (Å²) in [5.74, 6) is 0.378. The minimum absolute atomic E-state index is 0.103. The van der Waals surface area contributed by atoms with Crippen molar-refractivity contribution in [2.24, 2.45) is 5.92 Å². The zero-order chi connectivity index (χ0) is 8.27. The maximum absolute atomic E-state index is 10.3. The monoisotopic (exact) mass is 176 g/mol. The number of carboxylic acids is 1. The molecule has 0 aromatic carbocycles. The van der Waals surface area contributed by atoms with Gasteiger partial charge in [0, 0.05) is 11.7 Å². The van der Waals surface area contributed by atoms with Crippen LogP contribution >= 0.6 is 11.8 Å². The minimum atomic E-state index is -0.742. The van der Waals surface area contributed by atoms with Crippen LogP contribution in [0.4, 0.5) is 0 Å². The summed E-state index contributed by atoms with van der Waals surface area (Å²) < 4.78 is 5.32. The van der Waals surface area contributed by atoms with Gasteiger partial charge in [-0.3, -0.25) is 4.79 Å². The molecule has 0 amide bonds. The molecule has 11 heavy (non-hydrogen) atoms. The number of aliphatic carboxylic acids is 1. The van der Waals surface area contributed by atoms with Crippen molar-refractivity contribution in [3.63, 3.8) is 0 Å². The maximum Gasteiger partial charge on any atom is 0.303 e. The second-order valence-corrected chi connectivity index (χ2v) is 3.89. The molecule has 3 nitrogen and oxygen atoms in total. The molecule has 1 fully saturated rings. The Kier molecular flexibility index (Phi) is 3.20. The molecule has 0 radical (unpaired) electrons. The lowest BCUT2D eigenvalue weighted by Gasteiger charge is -2.14. The molecule has 0 aliphatic carbocycles. The maximum atomic E-state index is 10.3. The van der Waals surface area contributed by atoms with Crippen molar-refractivity contribution in [1.82, 2.24) is 0 Å². The highest BCUT2D eigenvalue weighted by Crippen LogP contribution is 2.28. The highest BCUT2D eigenvalue weighted by atomic mass is 32.2. The van der Waals surface area contributed by atoms with Crippen molar-refractivity contribution >= 4 is 17.7 Å². The Bertz CT molecular complexity index is 143. The summed E-state index contributed by atoms with van der Waals surface area (Å²) in [6.07, 6.45) is 0.206. The first-order valence-corrected chi connectivity index (χ1v) is 4.70. The van der Waals surface area contributed by atoms with Gasteiger partial charge in [-0.2, -0.15) is 0 Å². The number of thioether (sulfide) groups is 1. The fourth-order valence-corrected chi connectivity index (χ4v) is 2.12. The zero-order valence-electron chi connectivity index (χ0n) is 6.45. The van der Waals surface area contributed by atoms with Gasteiger partial charge in [0.25, 0.3) is 0 Å². The van der Waals surface area contributed by atoms with E-state index >= 15 is 0 Å². The molecule has 0 aromatic heterocycles.